The first-order valence-corrected chi connectivity index (χ1v) is 4.69. The Bertz CT molecular complexity index is 173. The standard InChI is InChI=1S/C8H11Cl2F3/c1-2-3-4-5-6-7(9,11)8(10,12)13/h5-6H,2-4H2,1H3/b6-5+/t7-/m0/s1. The van der Waals surface area contributed by atoms with Gasteiger partial charge in [-0.3, -0.25) is 0 Å². The van der Waals surface area contributed by atoms with Crippen LogP contribution in [-0.4, -0.2) is 10.5 Å². The van der Waals surface area contributed by atoms with Crippen molar-refractivity contribution in [3.8, 4) is 0 Å². The Labute approximate surface area is 85.7 Å². The smallest absolute Gasteiger partial charge is 0.213 e. The molecule has 0 aliphatic rings. The Morgan fingerprint density at radius 1 is 1.23 bits per heavy atom. The Balaban J connectivity index is 4.09. The lowest BCUT2D eigenvalue weighted by Crippen LogP contribution is -2.31. The highest BCUT2D eigenvalue weighted by Gasteiger charge is 2.50. The lowest BCUT2D eigenvalue weighted by molar-refractivity contribution is 0.00616. The van der Waals surface area contributed by atoms with Crippen LogP contribution in [0.15, 0.2) is 12.2 Å². The zero-order chi connectivity index (χ0) is 10.5. The topological polar surface area (TPSA) is 0 Å². The molecule has 0 aromatic carbocycles. The molecule has 0 aliphatic carbocycles. The number of hydrogen-bond donors (Lipinski definition) is 0. The second-order valence-corrected chi connectivity index (χ2v) is 3.69. The van der Waals surface area contributed by atoms with Crippen LogP contribution >= 0.6 is 23.2 Å². The summed E-state index contributed by atoms with van der Waals surface area (Å²) in [7, 11) is 0. The summed E-state index contributed by atoms with van der Waals surface area (Å²) in [6.45, 7) is 1.94. The number of alkyl halides is 5. The van der Waals surface area contributed by atoms with Crippen molar-refractivity contribution in [2.24, 2.45) is 0 Å². The molecule has 0 aliphatic heterocycles. The zero-order valence-corrected chi connectivity index (χ0v) is 8.68. The van der Waals surface area contributed by atoms with Crippen molar-refractivity contribution in [1.29, 1.82) is 0 Å². The predicted molar refractivity (Wildman–Crippen MR) is 49.2 cm³/mol. The molecule has 0 heterocycles. The van der Waals surface area contributed by atoms with E-state index in [1.165, 1.54) is 6.08 Å². The summed E-state index contributed by atoms with van der Waals surface area (Å²) in [5.74, 6) is 0. The molecule has 0 bridgehead atoms. The van der Waals surface area contributed by atoms with E-state index in [9.17, 15) is 13.2 Å². The summed E-state index contributed by atoms with van der Waals surface area (Å²) in [5, 5.41) is -7.36. The Morgan fingerprint density at radius 3 is 2.15 bits per heavy atom. The van der Waals surface area contributed by atoms with Crippen molar-refractivity contribution in [1.82, 2.24) is 0 Å². The van der Waals surface area contributed by atoms with Crippen LogP contribution in [0.3, 0.4) is 0 Å². The largest absolute Gasteiger partial charge is 0.372 e. The van der Waals surface area contributed by atoms with Gasteiger partial charge in [-0.1, -0.05) is 37.4 Å². The van der Waals surface area contributed by atoms with E-state index in [-0.39, 0.29) is 0 Å². The molecule has 1 atom stereocenters. The summed E-state index contributed by atoms with van der Waals surface area (Å²) in [6, 6.07) is 0. The normalized spacial score (nSPS) is 17.7. The minimum Gasteiger partial charge on any atom is -0.213 e. The van der Waals surface area contributed by atoms with Crippen LogP contribution in [-0.2, 0) is 0 Å². The quantitative estimate of drug-likeness (QED) is 0.374. The van der Waals surface area contributed by atoms with E-state index in [1.54, 1.807) is 0 Å². The first kappa shape index (κ1) is 13.1. The van der Waals surface area contributed by atoms with Gasteiger partial charge in [-0.15, -0.1) is 0 Å². The van der Waals surface area contributed by atoms with E-state index in [4.69, 9.17) is 11.6 Å². The predicted octanol–water partition coefficient (Wildman–Crippen LogP) is 4.47. The number of allylic oxidation sites excluding steroid dienone is 2. The lowest BCUT2D eigenvalue weighted by atomic mass is 10.2. The van der Waals surface area contributed by atoms with Crippen LogP contribution in [0.25, 0.3) is 0 Å². The van der Waals surface area contributed by atoms with Crippen molar-refractivity contribution in [3.63, 3.8) is 0 Å². The van der Waals surface area contributed by atoms with Crippen LogP contribution in [0.1, 0.15) is 26.2 Å². The average molecular weight is 235 g/mol. The molecule has 0 amide bonds. The molecule has 0 saturated carbocycles. The fourth-order valence-electron chi connectivity index (χ4n) is 0.648. The van der Waals surface area contributed by atoms with Gasteiger partial charge < -0.3 is 0 Å². The maximum atomic E-state index is 12.8. The summed E-state index contributed by atoms with van der Waals surface area (Å²) in [4.78, 5) is 0. The molecular formula is C8H11Cl2F3. The number of unbranched alkanes of at least 4 members (excludes halogenated alkanes) is 2. The fourth-order valence-corrected chi connectivity index (χ4v) is 0.800. The second kappa shape index (κ2) is 5.11. The first-order chi connectivity index (χ1) is 5.81. The zero-order valence-electron chi connectivity index (χ0n) is 7.17. The van der Waals surface area contributed by atoms with Crippen molar-refractivity contribution in [2.45, 2.75) is 36.7 Å². The van der Waals surface area contributed by atoms with Gasteiger partial charge in [0.1, 0.15) is 0 Å². The fraction of sp³-hybridized carbons (Fsp3) is 0.750. The van der Waals surface area contributed by atoms with E-state index >= 15 is 0 Å². The number of rotatable bonds is 5. The van der Waals surface area contributed by atoms with Gasteiger partial charge in [0.2, 0.25) is 0 Å². The summed E-state index contributed by atoms with van der Waals surface area (Å²) in [6.07, 6.45) is 4.09. The number of halogens is 5. The molecule has 0 radical (unpaired) electrons. The molecule has 78 valence electrons. The van der Waals surface area contributed by atoms with Crippen LogP contribution in [0.4, 0.5) is 13.2 Å². The van der Waals surface area contributed by atoms with Gasteiger partial charge in [0.05, 0.1) is 0 Å². The van der Waals surface area contributed by atoms with Crippen molar-refractivity contribution in [2.75, 3.05) is 0 Å². The minimum atomic E-state index is -4.07. The third-order valence-electron chi connectivity index (χ3n) is 1.43. The maximum absolute atomic E-state index is 12.8. The Kier molecular flexibility index (Phi) is 5.15. The van der Waals surface area contributed by atoms with Crippen LogP contribution in [0, 0.1) is 0 Å². The average Bonchev–Trinajstić information content (AvgIpc) is 1.96. The summed E-state index contributed by atoms with van der Waals surface area (Å²) in [5.41, 5.74) is 0. The molecule has 0 aromatic rings. The highest BCUT2D eigenvalue weighted by Crippen LogP contribution is 2.40. The van der Waals surface area contributed by atoms with Crippen molar-refractivity contribution >= 4 is 23.2 Å². The summed E-state index contributed by atoms with van der Waals surface area (Å²) < 4.78 is 37.3. The molecule has 0 fully saturated rings. The van der Waals surface area contributed by atoms with Crippen LogP contribution in [0.5, 0.6) is 0 Å². The maximum Gasteiger partial charge on any atom is 0.372 e. The van der Waals surface area contributed by atoms with E-state index in [1.807, 2.05) is 6.92 Å². The molecule has 0 spiro atoms. The SMILES string of the molecule is CCCC/C=C/[C@@](F)(Cl)C(F)(F)Cl. The van der Waals surface area contributed by atoms with Gasteiger partial charge in [0.25, 0.3) is 5.13 Å². The number of hydrogen-bond acceptors (Lipinski definition) is 0. The lowest BCUT2D eigenvalue weighted by Gasteiger charge is -2.18. The third-order valence-corrected chi connectivity index (χ3v) is 2.16. The molecule has 0 N–H and O–H groups in total. The van der Waals surface area contributed by atoms with Crippen LogP contribution < -0.4 is 0 Å². The monoisotopic (exact) mass is 234 g/mol. The molecule has 5 heteroatoms. The molecule has 0 aromatic heterocycles. The highest BCUT2D eigenvalue weighted by molar-refractivity contribution is 6.33. The Morgan fingerprint density at radius 2 is 1.77 bits per heavy atom. The van der Waals surface area contributed by atoms with Gasteiger partial charge in [-0.05, 0) is 24.1 Å². The van der Waals surface area contributed by atoms with Crippen molar-refractivity contribution in [3.05, 3.63) is 12.2 Å². The van der Waals surface area contributed by atoms with E-state index in [0.29, 0.717) is 12.5 Å². The first-order valence-electron chi connectivity index (χ1n) is 3.93. The van der Waals surface area contributed by atoms with E-state index < -0.39 is 10.5 Å². The highest BCUT2D eigenvalue weighted by atomic mass is 35.5. The molecular weight excluding hydrogens is 224 g/mol. The summed E-state index contributed by atoms with van der Waals surface area (Å²) >= 11 is 9.30. The second-order valence-electron chi connectivity index (χ2n) is 2.67. The molecule has 13 heavy (non-hydrogen) atoms. The van der Waals surface area contributed by atoms with Crippen LogP contribution in [0.2, 0.25) is 0 Å². The van der Waals surface area contributed by atoms with Gasteiger partial charge in [-0.2, -0.15) is 8.78 Å². The van der Waals surface area contributed by atoms with Gasteiger partial charge in [0, 0.05) is 0 Å². The van der Waals surface area contributed by atoms with Crippen molar-refractivity contribution < 1.29 is 13.2 Å². The minimum absolute atomic E-state index is 0.516. The van der Waals surface area contributed by atoms with Gasteiger partial charge in [0.15, 0.2) is 0 Å². The third kappa shape index (κ3) is 4.77. The molecule has 0 nitrogen and oxygen atoms in total. The molecule has 0 saturated heterocycles. The van der Waals surface area contributed by atoms with E-state index in [0.717, 1.165) is 12.8 Å². The molecule has 0 unspecified atom stereocenters. The Hall–Kier alpha value is 0.110. The molecule has 0 rings (SSSR count). The van der Waals surface area contributed by atoms with Gasteiger partial charge >= 0.3 is 5.38 Å². The van der Waals surface area contributed by atoms with E-state index in [2.05, 4.69) is 11.6 Å². The van der Waals surface area contributed by atoms with Gasteiger partial charge in [-0.25, -0.2) is 4.39 Å².